The average Bonchev–Trinajstić information content (AvgIpc) is 2.47. The highest BCUT2D eigenvalue weighted by atomic mass is 19.1. The highest BCUT2D eigenvalue weighted by molar-refractivity contribution is 5.15. The number of benzene rings is 1. The Hall–Kier alpha value is -1.78. The lowest BCUT2D eigenvalue weighted by molar-refractivity contribution is 0.324. The van der Waals surface area contributed by atoms with Gasteiger partial charge in [0.15, 0.2) is 0 Å². The van der Waals surface area contributed by atoms with Crippen LogP contribution in [0.2, 0.25) is 0 Å². The maximum atomic E-state index is 12.8. The van der Waals surface area contributed by atoms with Gasteiger partial charge in [0.05, 0.1) is 5.69 Å². The van der Waals surface area contributed by atoms with E-state index in [-0.39, 0.29) is 5.82 Å². The van der Waals surface area contributed by atoms with E-state index in [1.807, 2.05) is 30.3 Å². The van der Waals surface area contributed by atoms with Crippen LogP contribution in [0, 0.1) is 5.82 Å². The minimum atomic E-state index is -0.187. The van der Waals surface area contributed by atoms with E-state index in [4.69, 9.17) is 0 Å². The van der Waals surface area contributed by atoms with Crippen LogP contribution in [-0.2, 0) is 13.1 Å². The van der Waals surface area contributed by atoms with Gasteiger partial charge in [-0.05, 0) is 36.9 Å². The fourth-order valence-electron chi connectivity index (χ4n) is 1.97. The Morgan fingerprint density at radius 1 is 1.15 bits per heavy atom. The zero-order valence-electron chi connectivity index (χ0n) is 11.7. The molecule has 0 atom stereocenters. The van der Waals surface area contributed by atoms with Gasteiger partial charge < -0.3 is 10.2 Å². The van der Waals surface area contributed by atoms with Gasteiger partial charge in [-0.1, -0.05) is 18.2 Å². The lowest BCUT2D eigenvalue weighted by Gasteiger charge is -2.17. The molecule has 0 aliphatic rings. The number of pyridine rings is 1. The zero-order valence-corrected chi connectivity index (χ0v) is 11.7. The Kier molecular flexibility index (Phi) is 5.65. The molecule has 0 aliphatic carbocycles. The second-order valence-corrected chi connectivity index (χ2v) is 4.86. The molecule has 0 saturated carbocycles. The summed E-state index contributed by atoms with van der Waals surface area (Å²) in [6, 6.07) is 12.6. The maximum Gasteiger partial charge on any atom is 0.123 e. The van der Waals surface area contributed by atoms with E-state index in [1.54, 1.807) is 6.20 Å². The van der Waals surface area contributed by atoms with Crippen LogP contribution in [0.4, 0.5) is 4.39 Å². The number of likely N-dealkylation sites (N-methyl/N-ethyl adjacent to an activating group) is 1. The first-order chi connectivity index (χ1) is 9.74. The quantitative estimate of drug-likeness (QED) is 0.785. The van der Waals surface area contributed by atoms with Gasteiger partial charge in [-0.15, -0.1) is 0 Å². The third-order valence-corrected chi connectivity index (χ3v) is 3.07. The van der Waals surface area contributed by atoms with Crippen LogP contribution in [0.1, 0.15) is 11.3 Å². The number of nitrogens with zero attached hydrogens (tertiary/aromatic N) is 2. The number of halogens is 1. The van der Waals surface area contributed by atoms with Crippen LogP contribution in [0.15, 0.2) is 48.7 Å². The molecule has 0 spiro atoms. The summed E-state index contributed by atoms with van der Waals surface area (Å²) in [4.78, 5) is 6.47. The summed E-state index contributed by atoms with van der Waals surface area (Å²) in [6.07, 6.45) is 1.80. The zero-order chi connectivity index (χ0) is 14.2. The number of hydrogen-bond donors (Lipinski definition) is 1. The minimum absolute atomic E-state index is 0.187. The lowest BCUT2D eigenvalue weighted by atomic mass is 10.2. The number of nitrogens with one attached hydrogen (secondary N) is 1. The van der Waals surface area contributed by atoms with Crippen LogP contribution >= 0.6 is 0 Å². The molecule has 4 heteroatoms. The van der Waals surface area contributed by atoms with E-state index in [2.05, 4.69) is 22.2 Å². The van der Waals surface area contributed by atoms with Gasteiger partial charge in [-0.2, -0.15) is 0 Å². The van der Waals surface area contributed by atoms with Gasteiger partial charge >= 0.3 is 0 Å². The molecule has 1 heterocycles. The van der Waals surface area contributed by atoms with E-state index in [1.165, 1.54) is 12.1 Å². The summed E-state index contributed by atoms with van der Waals surface area (Å²) in [5.41, 5.74) is 2.17. The number of hydrogen-bond acceptors (Lipinski definition) is 3. The van der Waals surface area contributed by atoms with Crippen molar-refractivity contribution in [2.45, 2.75) is 13.1 Å². The van der Waals surface area contributed by atoms with E-state index < -0.39 is 0 Å². The van der Waals surface area contributed by atoms with Crippen molar-refractivity contribution in [1.82, 2.24) is 15.2 Å². The smallest absolute Gasteiger partial charge is 0.123 e. The van der Waals surface area contributed by atoms with Crippen molar-refractivity contribution in [1.29, 1.82) is 0 Å². The van der Waals surface area contributed by atoms with Crippen molar-refractivity contribution in [2.24, 2.45) is 0 Å². The Morgan fingerprint density at radius 2 is 1.95 bits per heavy atom. The minimum Gasteiger partial charge on any atom is -0.310 e. The molecule has 0 unspecified atom stereocenters. The summed E-state index contributed by atoms with van der Waals surface area (Å²) in [7, 11) is 2.06. The fourth-order valence-corrected chi connectivity index (χ4v) is 1.97. The van der Waals surface area contributed by atoms with E-state index in [0.717, 1.165) is 37.4 Å². The molecule has 0 radical (unpaired) electrons. The molecule has 0 bridgehead atoms. The molecule has 0 aliphatic heterocycles. The monoisotopic (exact) mass is 273 g/mol. The van der Waals surface area contributed by atoms with Crippen LogP contribution in [0.25, 0.3) is 0 Å². The van der Waals surface area contributed by atoms with E-state index in [0.29, 0.717) is 0 Å². The first-order valence-electron chi connectivity index (χ1n) is 6.77. The average molecular weight is 273 g/mol. The first-order valence-corrected chi connectivity index (χ1v) is 6.77. The van der Waals surface area contributed by atoms with Gasteiger partial charge in [0.25, 0.3) is 0 Å². The summed E-state index contributed by atoms with van der Waals surface area (Å²) < 4.78 is 12.8. The number of rotatable bonds is 7. The van der Waals surface area contributed by atoms with Crippen LogP contribution in [0.3, 0.4) is 0 Å². The molecule has 106 valence electrons. The standard InChI is InChI=1S/C16H20FN3/c1-20(13-14-5-7-15(17)8-6-14)11-10-18-12-16-4-2-3-9-19-16/h2-9,18H,10-13H2,1H3. The van der Waals surface area contributed by atoms with Gasteiger partial charge in [-0.25, -0.2) is 4.39 Å². The topological polar surface area (TPSA) is 28.2 Å². The van der Waals surface area contributed by atoms with Crippen molar-refractivity contribution >= 4 is 0 Å². The SMILES string of the molecule is CN(CCNCc1ccccn1)Cc1ccc(F)cc1. The molecule has 3 nitrogen and oxygen atoms in total. The normalized spacial score (nSPS) is 10.9. The van der Waals surface area contributed by atoms with Gasteiger partial charge in [0.2, 0.25) is 0 Å². The summed E-state index contributed by atoms with van der Waals surface area (Å²) in [5, 5.41) is 3.36. The van der Waals surface area contributed by atoms with Gasteiger partial charge in [0, 0.05) is 32.4 Å². The van der Waals surface area contributed by atoms with Crippen LogP contribution < -0.4 is 5.32 Å². The molecule has 0 saturated heterocycles. The van der Waals surface area contributed by atoms with Crippen molar-refractivity contribution < 1.29 is 4.39 Å². The third kappa shape index (κ3) is 5.07. The Balaban J connectivity index is 1.65. The van der Waals surface area contributed by atoms with Gasteiger partial charge in [-0.3, -0.25) is 4.98 Å². The molecule has 0 fully saturated rings. The number of aromatic nitrogens is 1. The molecule has 20 heavy (non-hydrogen) atoms. The molecule has 0 amide bonds. The Bertz CT molecular complexity index is 499. The Labute approximate surface area is 119 Å². The van der Waals surface area contributed by atoms with E-state index in [9.17, 15) is 4.39 Å². The first kappa shape index (κ1) is 14.6. The molecule has 2 rings (SSSR count). The highest BCUT2D eigenvalue weighted by Gasteiger charge is 2.00. The maximum absolute atomic E-state index is 12.8. The van der Waals surface area contributed by atoms with Gasteiger partial charge in [0.1, 0.15) is 5.82 Å². The van der Waals surface area contributed by atoms with Crippen molar-refractivity contribution in [3.63, 3.8) is 0 Å². The van der Waals surface area contributed by atoms with Crippen molar-refractivity contribution in [3.8, 4) is 0 Å². The highest BCUT2D eigenvalue weighted by Crippen LogP contribution is 2.05. The molecule has 1 aromatic heterocycles. The predicted octanol–water partition coefficient (Wildman–Crippen LogP) is 2.44. The second kappa shape index (κ2) is 7.72. The second-order valence-electron chi connectivity index (χ2n) is 4.86. The fraction of sp³-hybridized carbons (Fsp3) is 0.312. The predicted molar refractivity (Wildman–Crippen MR) is 78.7 cm³/mol. The summed E-state index contributed by atoms with van der Waals surface area (Å²) >= 11 is 0. The van der Waals surface area contributed by atoms with E-state index >= 15 is 0 Å². The largest absolute Gasteiger partial charge is 0.310 e. The van der Waals surface area contributed by atoms with Crippen molar-refractivity contribution in [3.05, 3.63) is 65.7 Å². The van der Waals surface area contributed by atoms with Crippen LogP contribution in [0.5, 0.6) is 0 Å². The summed E-state index contributed by atoms with van der Waals surface area (Å²) in [6.45, 7) is 3.44. The molecule has 1 N–H and O–H groups in total. The molecule has 2 aromatic rings. The van der Waals surface area contributed by atoms with Crippen LogP contribution in [-0.4, -0.2) is 30.0 Å². The Morgan fingerprint density at radius 3 is 2.65 bits per heavy atom. The summed E-state index contributed by atoms with van der Waals surface area (Å²) in [5.74, 6) is -0.187. The molecule has 1 aromatic carbocycles. The molecular formula is C16H20FN3. The lowest BCUT2D eigenvalue weighted by Crippen LogP contribution is -2.28. The third-order valence-electron chi connectivity index (χ3n) is 3.07. The molecular weight excluding hydrogens is 253 g/mol. The van der Waals surface area contributed by atoms with Crippen molar-refractivity contribution in [2.75, 3.05) is 20.1 Å².